The van der Waals surface area contributed by atoms with Gasteiger partial charge in [0.1, 0.15) is 5.69 Å². The first-order valence-corrected chi connectivity index (χ1v) is 5.97. The monoisotopic (exact) mass is 248 g/mol. The Morgan fingerprint density at radius 3 is 2.88 bits per heavy atom. The summed E-state index contributed by atoms with van der Waals surface area (Å²) in [6.45, 7) is 1.85. The predicted octanol–water partition coefficient (Wildman–Crippen LogP) is 2.59. The molecule has 1 unspecified atom stereocenters. The van der Waals surface area contributed by atoms with Crippen LogP contribution in [0, 0.1) is 0 Å². The fourth-order valence-corrected chi connectivity index (χ4v) is 1.61. The number of carbonyl (C=O) groups is 1. The minimum atomic E-state index is -0.191. The van der Waals surface area contributed by atoms with Gasteiger partial charge in [-0.1, -0.05) is 24.3 Å². The Morgan fingerprint density at radius 2 is 2.12 bits per heavy atom. The van der Waals surface area contributed by atoms with E-state index in [9.17, 15) is 4.79 Å². The zero-order valence-electron chi connectivity index (χ0n) is 9.48. The third-order valence-corrected chi connectivity index (χ3v) is 2.90. The van der Waals surface area contributed by atoms with Crippen LogP contribution < -0.4 is 5.32 Å². The zero-order valence-corrected chi connectivity index (χ0v) is 10.2. The summed E-state index contributed by atoms with van der Waals surface area (Å²) in [5, 5.41) is 3.80. The molecule has 1 aromatic carbocycles. The number of carbonyl (C=O) groups excluding carboxylic acids is 1. The minimum absolute atomic E-state index is 0.0579. The van der Waals surface area contributed by atoms with Crippen LogP contribution in [-0.2, 0) is 0 Å². The van der Waals surface area contributed by atoms with E-state index in [0.717, 1.165) is 10.9 Å². The first kappa shape index (κ1) is 11.9. The molecule has 1 N–H and O–H groups in total. The Kier molecular flexibility index (Phi) is 3.59. The second-order valence-corrected chi connectivity index (χ2v) is 4.23. The van der Waals surface area contributed by atoms with Gasteiger partial charge >= 0.3 is 0 Å². The minimum Gasteiger partial charge on any atom is -0.347 e. The second kappa shape index (κ2) is 5.15. The van der Waals surface area contributed by atoms with Gasteiger partial charge < -0.3 is 5.32 Å². The maximum Gasteiger partial charge on any atom is 0.270 e. The summed E-state index contributed by atoms with van der Waals surface area (Å²) in [5.41, 5.74) is 1.24. The zero-order chi connectivity index (χ0) is 12.3. The molecule has 0 spiro atoms. The molecule has 3 nitrogen and oxygen atoms in total. The Morgan fingerprint density at radius 1 is 1.35 bits per heavy atom. The van der Waals surface area contributed by atoms with Crippen molar-refractivity contribution in [3.8, 4) is 0 Å². The molecule has 1 heterocycles. The molecule has 88 valence electrons. The van der Waals surface area contributed by atoms with Crippen molar-refractivity contribution in [3.05, 3.63) is 42.1 Å². The quantitative estimate of drug-likeness (QED) is 0.849. The number of nitrogens with zero attached hydrogens (tertiary/aromatic N) is 1. The third kappa shape index (κ3) is 2.74. The average Bonchev–Trinajstić information content (AvgIpc) is 2.38. The van der Waals surface area contributed by atoms with E-state index in [1.54, 1.807) is 6.07 Å². The van der Waals surface area contributed by atoms with E-state index in [2.05, 4.69) is 10.3 Å². The van der Waals surface area contributed by atoms with E-state index in [4.69, 9.17) is 11.6 Å². The summed E-state index contributed by atoms with van der Waals surface area (Å²) in [7, 11) is 0. The lowest BCUT2D eigenvalue weighted by atomic mass is 10.2. The highest BCUT2D eigenvalue weighted by molar-refractivity contribution is 6.18. The van der Waals surface area contributed by atoms with Crippen molar-refractivity contribution in [3.63, 3.8) is 0 Å². The topological polar surface area (TPSA) is 42.0 Å². The van der Waals surface area contributed by atoms with Crippen LogP contribution in [0.2, 0.25) is 0 Å². The molecule has 17 heavy (non-hydrogen) atoms. The molecule has 2 rings (SSSR count). The maximum absolute atomic E-state index is 11.8. The first-order valence-electron chi connectivity index (χ1n) is 5.43. The van der Waals surface area contributed by atoms with E-state index in [1.807, 2.05) is 37.3 Å². The number of hydrogen-bond acceptors (Lipinski definition) is 2. The number of halogens is 1. The van der Waals surface area contributed by atoms with E-state index < -0.39 is 0 Å². The van der Waals surface area contributed by atoms with Gasteiger partial charge in [0.2, 0.25) is 0 Å². The highest BCUT2D eigenvalue weighted by atomic mass is 35.5. The standard InChI is InChI=1S/C13H13ClN2O/c1-9(8-14)15-13(17)12-7-6-10-4-2-3-5-11(10)16-12/h2-7,9H,8H2,1H3,(H,15,17). The van der Waals surface area contributed by atoms with Gasteiger partial charge in [-0.2, -0.15) is 0 Å². The summed E-state index contributed by atoms with van der Waals surface area (Å²) < 4.78 is 0. The fourth-order valence-electron chi connectivity index (χ4n) is 1.53. The van der Waals surface area contributed by atoms with Gasteiger partial charge in [0, 0.05) is 17.3 Å². The van der Waals surface area contributed by atoms with Crippen LogP contribution >= 0.6 is 11.6 Å². The summed E-state index contributed by atoms with van der Waals surface area (Å²) in [6.07, 6.45) is 0. The SMILES string of the molecule is CC(CCl)NC(=O)c1ccc2ccccc2n1. The largest absolute Gasteiger partial charge is 0.347 e. The molecule has 4 heteroatoms. The number of nitrogens with one attached hydrogen (secondary N) is 1. The molecule has 1 aromatic heterocycles. The Bertz CT molecular complexity index is 542. The first-order chi connectivity index (χ1) is 8.20. The van der Waals surface area contributed by atoms with E-state index in [1.165, 1.54) is 0 Å². The van der Waals surface area contributed by atoms with Crippen LogP contribution in [0.4, 0.5) is 0 Å². The lowest BCUT2D eigenvalue weighted by molar-refractivity contribution is 0.0939. The smallest absolute Gasteiger partial charge is 0.270 e. The molecule has 0 saturated carbocycles. The van der Waals surface area contributed by atoms with E-state index in [0.29, 0.717) is 11.6 Å². The van der Waals surface area contributed by atoms with Crippen molar-refractivity contribution in [2.75, 3.05) is 5.88 Å². The highest BCUT2D eigenvalue weighted by Crippen LogP contribution is 2.11. The number of benzene rings is 1. The summed E-state index contributed by atoms with van der Waals surface area (Å²) >= 11 is 5.64. The van der Waals surface area contributed by atoms with Gasteiger partial charge in [-0.25, -0.2) is 4.98 Å². The fraction of sp³-hybridized carbons (Fsp3) is 0.231. The van der Waals surface area contributed by atoms with Crippen molar-refractivity contribution in [2.24, 2.45) is 0 Å². The van der Waals surface area contributed by atoms with Crippen molar-refractivity contribution < 1.29 is 4.79 Å². The van der Waals surface area contributed by atoms with Crippen molar-refractivity contribution in [1.82, 2.24) is 10.3 Å². The van der Waals surface area contributed by atoms with Crippen LogP contribution in [0.3, 0.4) is 0 Å². The number of para-hydroxylation sites is 1. The summed E-state index contributed by atoms with van der Waals surface area (Å²) in [5.74, 6) is 0.197. The van der Waals surface area contributed by atoms with Crippen LogP contribution in [-0.4, -0.2) is 22.8 Å². The Balaban J connectivity index is 2.27. The normalized spacial score (nSPS) is 12.4. The predicted molar refractivity (Wildman–Crippen MR) is 69.4 cm³/mol. The molecule has 0 saturated heterocycles. The molecule has 0 radical (unpaired) electrons. The van der Waals surface area contributed by atoms with Gasteiger partial charge in [-0.3, -0.25) is 4.79 Å². The lowest BCUT2D eigenvalue weighted by Gasteiger charge is -2.10. The van der Waals surface area contributed by atoms with E-state index in [-0.39, 0.29) is 11.9 Å². The molecular weight excluding hydrogens is 236 g/mol. The number of fused-ring (bicyclic) bond motifs is 1. The van der Waals surface area contributed by atoms with Gasteiger partial charge in [0.05, 0.1) is 5.52 Å². The molecule has 0 bridgehead atoms. The molecule has 1 atom stereocenters. The highest BCUT2D eigenvalue weighted by Gasteiger charge is 2.10. The van der Waals surface area contributed by atoms with Crippen molar-refractivity contribution in [2.45, 2.75) is 13.0 Å². The molecule has 0 aliphatic heterocycles. The Labute approximate surface area is 105 Å². The molecule has 1 amide bonds. The second-order valence-electron chi connectivity index (χ2n) is 3.92. The van der Waals surface area contributed by atoms with Gasteiger partial charge in [-0.15, -0.1) is 11.6 Å². The van der Waals surface area contributed by atoms with Crippen molar-refractivity contribution in [1.29, 1.82) is 0 Å². The van der Waals surface area contributed by atoms with Gasteiger partial charge in [0.15, 0.2) is 0 Å². The van der Waals surface area contributed by atoms with E-state index >= 15 is 0 Å². The summed E-state index contributed by atoms with van der Waals surface area (Å²) in [6, 6.07) is 11.2. The van der Waals surface area contributed by atoms with Crippen molar-refractivity contribution >= 4 is 28.4 Å². The van der Waals surface area contributed by atoms with Crippen LogP contribution in [0.25, 0.3) is 10.9 Å². The van der Waals surface area contributed by atoms with Crippen LogP contribution in [0.15, 0.2) is 36.4 Å². The van der Waals surface area contributed by atoms with Crippen LogP contribution in [0.5, 0.6) is 0 Å². The maximum atomic E-state index is 11.8. The summed E-state index contributed by atoms with van der Waals surface area (Å²) in [4.78, 5) is 16.1. The van der Waals surface area contributed by atoms with Gasteiger partial charge in [0.25, 0.3) is 5.91 Å². The number of pyridine rings is 1. The van der Waals surface area contributed by atoms with Crippen LogP contribution in [0.1, 0.15) is 17.4 Å². The Hall–Kier alpha value is -1.61. The lowest BCUT2D eigenvalue weighted by Crippen LogP contribution is -2.34. The molecule has 0 aliphatic carbocycles. The molecule has 0 fully saturated rings. The number of alkyl halides is 1. The molecule has 2 aromatic rings. The number of aromatic nitrogens is 1. The van der Waals surface area contributed by atoms with Gasteiger partial charge in [-0.05, 0) is 19.1 Å². The molecular formula is C13H13ClN2O. The number of hydrogen-bond donors (Lipinski definition) is 1. The number of amides is 1. The average molecular weight is 249 g/mol. The number of rotatable bonds is 3. The third-order valence-electron chi connectivity index (χ3n) is 2.44. The molecule has 0 aliphatic rings.